The molecular weight excluding hydrogens is 236 g/mol. The number of benzene rings is 1. The average molecular weight is 256 g/mol. The molecule has 0 radical (unpaired) electrons. The molecule has 1 aromatic carbocycles. The Balaban J connectivity index is 1.63. The van der Waals surface area contributed by atoms with Crippen LogP contribution >= 0.6 is 0 Å². The zero-order chi connectivity index (χ0) is 12.9. The number of hydrogen-bond donors (Lipinski definition) is 1. The minimum Gasteiger partial charge on any atom is -0.370 e. The van der Waals surface area contributed by atoms with Crippen molar-refractivity contribution in [2.75, 3.05) is 24.5 Å². The van der Waals surface area contributed by atoms with Gasteiger partial charge in [0.05, 0.1) is 6.33 Å². The van der Waals surface area contributed by atoms with Crippen LogP contribution in [-0.4, -0.2) is 29.2 Å². The van der Waals surface area contributed by atoms with E-state index in [1.807, 2.05) is 18.7 Å². The van der Waals surface area contributed by atoms with E-state index in [0.717, 1.165) is 39.1 Å². The van der Waals surface area contributed by atoms with Crippen molar-refractivity contribution in [3.8, 4) is 0 Å². The smallest absolute Gasteiger partial charge is 0.0945 e. The van der Waals surface area contributed by atoms with Crippen LogP contribution in [0.25, 0.3) is 0 Å². The van der Waals surface area contributed by atoms with Crippen LogP contribution in [0.2, 0.25) is 0 Å². The summed E-state index contributed by atoms with van der Waals surface area (Å²) in [6, 6.07) is 8.71. The fourth-order valence-electron chi connectivity index (χ4n) is 2.62. The maximum atomic E-state index is 4.08. The van der Waals surface area contributed by atoms with Gasteiger partial charge < -0.3 is 14.8 Å². The number of imidazole rings is 1. The van der Waals surface area contributed by atoms with Crippen molar-refractivity contribution in [3.05, 3.63) is 48.5 Å². The fourth-order valence-corrected chi connectivity index (χ4v) is 2.62. The number of aryl methyl sites for hydroxylation is 1. The number of aromatic nitrogens is 2. The van der Waals surface area contributed by atoms with E-state index < -0.39 is 0 Å². The molecule has 1 aliphatic rings. The molecule has 100 valence electrons. The van der Waals surface area contributed by atoms with E-state index >= 15 is 0 Å². The number of nitrogens with one attached hydrogen (secondary N) is 1. The molecule has 19 heavy (non-hydrogen) atoms. The highest BCUT2D eigenvalue weighted by Crippen LogP contribution is 2.22. The summed E-state index contributed by atoms with van der Waals surface area (Å²) in [5.41, 5.74) is 2.79. The van der Waals surface area contributed by atoms with Gasteiger partial charge in [0.1, 0.15) is 0 Å². The summed E-state index contributed by atoms with van der Waals surface area (Å²) in [6.45, 7) is 5.25. The summed E-state index contributed by atoms with van der Waals surface area (Å²) >= 11 is 0. The Kier molecular flexibility index (Phi) is 3.79. The van der Waals surface area contributed by atoms with Gasteiger partial charge in [0.15, 0.2) is 0 Å². The second-order valence-corrected chi connectivity index (χ2v) is 4.95. The molecule has 2 heterocycles. The Bertz CT molecular complexity index is 507. The monoisotopic (exact) mass is 256 g/mol. The third-order valence-corrected chi connectivity index (χ3v) is 3.61. The first kappa shape index (κ1) is 12.2. The van der Waals surface area contributed by atoms with Gasteiger partial charge in [-0.2, -0.15) is 0 Å². The molecule has 0 amide bonds. The summed E-state index contributed by atoms with van der Waals surface area (Å²) in [7, 11) is 0. The molecule has 3 rings (SSSR count). The zero-order valence-corrected chi connectivity index (χ0v) is 11.1. The lowest BCUT2D eigenvalue weighted by molar-refractivity contribution is 0.614. The predicted octanol–water partition coefficient (Wildman–Crippen LogP) is 1.88. The summed E-state index contributed by atoms with van der Waals surface area (Å²) < 4.78 is 2.14. The van der Waals surface area contributed by atoms with Gasteiger partial charge >= 0.3 is 0 Å². The molecule has 2 aromatic rings. The van der Waals surface area contributed by atoms with Crippen molar-refractivity contribution >= 4 is 5.69 Å². The van der Waals surface area contributed by atoms with Gasteiger partial charge in [-0.3, -0.25) is 0 Å². The predicted molar refractivity (Wildman–Crippen MR) is 77.2 cm³/mol. The lowest BCUT2D eigenvalue weighted by atomic mass is 10.1. The summed E-state index contributed by atoms with van der Waals surface area (Å²) in [6.07, 6.45) is 6.89. The topological polar surface area (TPSA) is 33.1 Å². The Morgan fingerprint density at radius 1 is 1.21 bits per heavy atom. The first-order chi connectivity index (χ1) is 9.43. The number of rotatable bonds is 4. The standard InChI is InChI=1S/C15H20N4/c1-2-5-15-14(4-1)12-16-7-11-19(15)9-3-8-18-10-6-17-13-18/h1-2,4-6,10,13,16H,3,7-9,11-12H2. The first-order valence-corrected chi connectivity index (χ1v) is 6.93. The van der Waals surface area contributed by atoms with E-state index in [-0.39, 0.29) is 0 Å². The maximum absolute atomic E-state index is 4.08. The second-order valence-electron chi connectivity index (χ2n) is 4.95. The van der Waals surface area contributed by atoms with Crippen molar-refractivity contribution in [1.29, 1.82) is 0 Å². The van der Waals surface area contributed by atoms with Crippen molar-refractivity contribution in [2.45, 2.75) is 19.5 Å². The second kappa shape index (κ2) is 5.89. The summed E-state index contributed by atoms with van der Waals surface area (Å²) in [5, 5.41) is 3.48. The van der Waals surface area contributed by atoms with Crippen LogP contribution in [0.1, 0.15) is 12.0 Å². The molecule has 0 spiro atoms. The number of hydrogen-bond acceptors (Lipinski definition) is 3. The van der Waals surface area contributed by atoms with Gasteiger partial charge in [0.2, 0.25) is 0 Å². The van der Waals surface area contributed by atoms with Crippen molar-refractivity contribution in [2.24, 2.45) is 0 Å². The van der Waals surface area contributed by atoms with E-state index in [9.17, 15) is 0 Å². The molecule has 0 saturated carbocycles. The molecule has 1 N–H and O–H groups in total. The average Bonchev–Trinajstić information content (AvgIpc) is 2.87. The minimum atomic E-state index is 0.980. The molecular formula is C15H20N4. The third-order valence-electron chi connectivity index (χ3n) is 3.61. The molecule has 0 saturated heterocycles. The quantitative estimate of drug-likeness (QED) is 0.906. The lowest BCUT2D eigenvalue weighted by Gasteiger charge is -2.24. The molecule has 4 nitrogen and oxygen atoms in total. The first-order valence-electron chi connectivity index (χ1n) is 6.93. The fraction of sp³-hybridized carbons (Fsp3) is 0.400. The van der Waals surface area contributed by atoms with E-state index in [1.165, 1.54) is 11.3 Å². The van der Waals surface area contributed by atoms with Gasteiger partial charge in [-0.15, -0.1) is 0 Å². The van der Waals surface area contributed by atoms with Crippen LogP contribution in [0.3, 0.4) is 0 Å². The van der Waals surface area contributed by atoms with E-state index in [0.29, 0.717) is 0 Å². The molecule has 4 heteroatoms. The van der Waals surface area contributed by atoms with Gasteiger partial charge in [-0.25, -0.2) is 4.98 Å². The van der Waals surface area contributed by atoms with E-state index in [1.54, 1.807) is 0 Å². The molecule has 0 aliphatic carbocycles. The van der Waals surface area contributed by atoms with Crippen molar-refractivity contribution < 1.29 is 0 Å². The van der Waals surface area contributed by atoms with Crippen LogP contribution in [0.4, 0.5) is 5.69 Å². The molecule has 1 aromatic heterocycles. The normalized spacial score (nSPS) is 15.1. The minimum absolute atomic E-state index is 0.980. The van der Waals surface area contributed by atoms with Crippen LogP contribution in [-0.2, 0) is 13.1 Å². The van der Waals surface area contributed by atoms with E-state index in [2.05, 4.69) is 44.0 Å². The summed E-state index contributed by atoms with van der Waals surface area (Å²) in [4.78, 5) is 6.57. The highest BCUT2D eigenvalue weighted by molar-refractivity contribution is 5.54. The Hall–Kier alpha value is -1.81. The lowest BCUT2D eigenvalue weighted by Crippen LogP contribution is -2.30. The molecule has 0 fully saturated rings. The van der Waals surface area contributed by atoms with Crippen LogP contribution in [0.5, 0.6) is 0 Å². The highest BCUT2D eigenvalue weighted by atomic mass is 15.2. The molecule has 1 aliphatic heterocycles. The number of para-hydroxylation sites is 1. The van der Waals surface area contributed by atoms with Crippen molar-refractivity contribution in [3.63, 3.8) is 0 Å². The Morgan fingerprint density at radius 2 is 2.16 bits per heavy atom. The molecule has 0 bridgehead atoms. The third kappa shape index (κ3) is 2.96. The Morgan fingerprint density at radius 3 is 3.05 bits per heavy atom. The molecule has 0 atom stereocenters. The van der Waals surface area contributed by atoms with Gasteiger partial charge in [-0.05, 0) is 18.1 Å². The van der Waals surface area contributed by atoms with Crippen LogP contribution < -0.4 is 10.2 Å². The zero-order valence-electron chi connectivity index (χ0n) is 11.1. The number of anilines is 1. The SMILES string of the molecule is c1ccc2c(c1)CNCCN2CCCn1ccnc1. The Labute approximate surface area is 114 Å². The summed E-state index contributed by atoms with van der Waals surface area (Å²) in [5.74, 6) is 0. The van der Waals surface area contributed by atoms with Gasteiger partial charge in [0, 0.05) is 50.8 Å². The molecule has 0 unspecified atom stereocenters. The van der Waals surface area contributed by atoms with Gasteiger partial charge in [0.25, 0.3) is 0 Å². The van der Waals surface area contributed by atoms with Crippen molar-refractivity contribution in [1.82, 2.24) is 14.9 Å². The van der Waals surface area contributed by atoms with Gasteiger partial charge in [-0.1, -0.05) is 18.2 Å². The van der Waals surface area contributed by atoms with Crippen LogP contribution in [0, 0.1) is 0 Å². The van der Waals surface area contributed by atoms with E-state index in [4.69, 9.17) is 0 Å². The van der Waals surface area contributed by atoms with Crippen LogP contribution in [0.15, 0.2) is 43.0 Å². The maximum Gasteiger partial charge on any atom is 0.0945 e. The highest BCUT2D eigenvalue weighted by Gasteiger charge is 2.13. The number of fused-ring (bicyclic) bond motifs is 1. The number of nitrogens with zero attached hydrogens (tertiary/aromatic N) is 3. The largest absolute Gasteiger partial charge is 0.370 e.